The summed E-state index contributed by atoms with van der Waals surface area (Å²) in [5.41, 5.74) is 6.93. The molecular formula is C29H32ClNO3. The van der Waals surface area contributed by atoms with Crippen LogP contribution >= 0.6 is 11.6 Å². The molecule has 34 heavy (non-hydrogen) atoms. The highest BCUT2D eigenvalue weighted by molar-refractivity contribution is 6.30. The molecule has 5 heteroatoms. The first-order valence-corrected chi connectivity index (χ1v) is 12.4. The Morgan fingerprint density at radius 2 is 2.03 bits per heavy atom. The van der Waals surface area contributed by atoms with Gasteiger partial charge in [0.05, 0.1) is 12.9 Å². The number of hydrogen-bond donors (Lipinski definition) is 1. The number of halogens is 1. The molecule has 2 aromatic carbocycles. The summed E-state index contributed by atoms with van der Waals surface area (Å²) in [5, 5.41) is 4.72. The molecule has 0 spiro atoms. The van der Waals surface area contributed by atoms with Crippen LogP contribution in [0, 0.1) is 6.92 Å². The van der Waals surface area contributed by atoms with Crippen molar-refractivity contribution in [3.05, 3.63) is 70.5 Å². The molecule has 0 aliphatic heterocycles. The third-order valence-corrected chi connectivity index (χ3v) is 6.64. The van der Waals surface area contributed by atoms with Crippen LogP contribution in [0.25, 0.3) is 27.7 Å². The highest BCUT2D eigenvalue weighted by Crippen LogP contribution is 2.41. The predicted molar refractivity (Wildman–Crippen MR) is 140 cm³/mol. The molecule has 1 heterocycles. The number of amides is 1. The molecule has 3 aromatic rings. The lowest BCUT2D eigenvalue weighted by atomic mass is 9.96. The van der Waals surface area contributed by atoms with E-state index in [1.165, 1.54) is 18.4 Å². The van der Waals surface area contributed by atoms with Crippen molar-refractivity contribution in [3.63, 3.8) is 0 Å². The van der Waals surface area contributed by atoms with Crippen molar-refractivity contribution in [2.75, 3.05) is 13.2 Å². The minimum absolute atomic E-state index is 0.0840. The third kappa shape index (κ3) is 5.39. The van der Waals surface area contributed by atoms with Gasteiger partial charge in [-0.15, -0.1) is 0 Å². The monoisotopic (exact) mass is 477 g/mol. The Kier molecular flexibility index (Phi) is 7.79. The molecule has 0 saturated carbocycles. The molecule has 0 unspecified atom stereocenters. The molecule has 1 aromatic heterocycles. The second kappa shape index (κ2) is 11.0. The third-order valence-electron chi connectivity index (χ3n) is 6.39. The molecule has 0 bridgehead atoms. The van der Waals surface area contributed by atoms with Crippen LogP contribution in [0.5, 0.6) is 5.75 Å². The zero-order valence-corrected chi connectivity index (χ0v) is 20.9. The van der Waals surface area contributed by atoms with E-state index in [2.05, 4.69) is 17.5 Å². The summed E-state index contributed by atoms with van der Waals surface area (Å²) in [5.74, 6) is 0.667. The summed E-state index contributed by atoms with van der Waals surface area (Å²) in [6.07, 6.45) is 11.5. The lowest BCUT2D eigenvalue weighted by Crippen LogP contribution is -2.23. The lowest BCUT2D eigenvalue weighted by Gasteiger charge is -2.15. The van der Waals surface area contributed by atoms with Gasteiger partial charge in [-0.25, -0.2) is 0 Å². The van der Waals surface area contributed by atoms with Crippen LogP contribution in [-0.4, -0.2) is 19.1 Å². The number of ether oxygens (including phenoxy) is 1. The van der Waals surface area contributed by atoms with Crippen LogP contribution in [0.4, 0.5) is 0 Å². The van der Waals surface area contributed by atoms with Crippen LogP contribution in [0.3, 0.4) is 0 Å². The van der Waals surface area contributed by atoms with Crippen LogP contribution < -0.4 is 10.1 Å². The van der Waals surface area contributed by atoms with E-state index in [0.717, 1.165) is 63.8 Å². The Morgan fingerprint density at radius 3 is 2.74 bits per heavy atom. The molecular weight excluding hydrogens is 446 g/mol. The summed E-state index contributed by atoms with van der Waals surface area (Å²) in [7, 11) is 0. The maximum Gasteiger partial charge on any atom is 0.244 e. The van der Waals surface area contributed by atoms with E-state index in [-0.39, 0.29) is 5.91 Å². The van der Waals surface area contributed by atoms with Gasteiger partial charge >= 0.3 is 0 Å². The minimum Gasteiger partial charge on any atom is -0.493 e. The normalized spacial score (nSPS) is 14.2. The fourth-order valence-electron chi connectivity index (χ4n) is 4.60. The van der Waals surface area contributed by atoms with E-state index >= 15 is 0 Å². The van der Waals surface area contributed by atoms with Gasteiger partial charge in [0.2, 0.25) is 5.91 Å². The Labute approximate surface area is 206 Å². The maximum absolute atomic E-state index is 12.7. The molecule has 4 nitrogen and oxygen atoms in total. The number of fused-ring (bicyclic) bond motifs is 1. The van der Waals surface area contributed by atoms with Gasteiger partial charge in [0.1, 0.15) is 11.3 Å². The Morgan fingerprint density at radius 1 is 1.24 bits per heavy atom. The van der Waals surface area contributed by atoms with Crippen LogP contribution in [0.1, 0.15) is 57.1 Å². The smallest absolute Gasteiger partial charge is 0.244 e. The van der Waals surface area contributed by atoms with Crippen molar-refractivity contribution in [1.82, 2.24) is 5.32 Å². The van der Waals surface area contributed by atoms with Crippen molar-refractivity contribution < 1.29 is 13.9 Å². The summed E-state index contributed by atoms with van der Waals surface area (Å²) >= 11 is 6.08. The number of aryl methyl sites for hydroxylation is 1. The second-order valence-corrected chi connectivity index (χ2v) is 9.26. The first-order valence-electron chi connectivity index (χ1n) is 12.1. The van der Waals surface area contributed by atoms with E-state index in [1.54, 1.807) is 12.3 Å². The van der Waals surface area contributed by atoms with Crippen molar-refractivity contribution in [1.29, 1.82) is 0 Å². The molecule has 178 valence electrons. The molecule has 1 amide bonds. The van der Waals surface area contributed by atoms with Crippen molar-refractivity contribution in [2.45, 2.75) is 52.9 Å². The van der Waals surface area contributed by atoms with E-state index in [1.807, 2.05) is 45.0 Å². The summed E-state index contributed by atoms with van der Waals surface area (Å²) in [4.78, 5) is 12.7. The summed E-state index contributed by atoms with van der Waals surface area (Å²) in [6.45, 7) is 7.10. The average Bonchev–Trinajstić information content (AvgIpc) is 3.26. The number of benzene rings is 2. The van der Waals surface area contributed by atoms with Gasteiger partial charge in [0, 0.05) is 39.7 Å². The Hall–Kier alpha value is -2.98. The minimum atomic E-state index is -0.0840. The van der Waals surface area contributed by atoms with Crippen LogP contribution in [0.2, 0.25) is 5.02 Å². The van der Waals surface area contributed by atoms with Crippen LogP contribution in [-0.2, 0) is 4.79 Å². The largest absolute Gasteiger partial charge is 0.493 e. The summed E-state index contributed by atoms with van der Waals surface area (Å²) < 4.78 is 12.0. The SMILES string of the molecule is CCOc1c(/C(C)=C/C(=O)NCCC2=CCCCC2)cc2c(-c3ccc(Cl)cc3)coc2c1C. The number of furan rings is 1. The van der Waals surface area contributed by atoms with Crippen molar-refractivity contribution >= 4 is 34.1 Å². The number of rotatable bonds is 8. The van der Waals surface area contributed by atoms with E-state index < -0.39 is 0 Å². The van der Waals surface area contributed by atoms with Gasteiger partial charge in [-0.2, -0.15) is 0 Å². The van der Waals surface area contributed by atoms with Gasteiger partial charge in [-0.1, -0.05) is 35.4 Å². The Bertz CT molecular complexity index is 1230. The quantitative estimate of drug-likeness (QED) is 0.265. The predicted octanol–water partition coefficient (Wildman–Crippen LogP) is 7.87. The highest BCUT2D eigenvalue weighted by atomic mass is 35.5. The maximum atomic E-state index is 12.7. The van der Waals surface area contributed by atoms with Crippen molar-refractivity contribution in [3.8, 4) is 16.9 Å². The molecule has 0 radical (unpaired) electrons. The molecule has 0 atom stereocenters. The van der Waals surface area contributed by atoms with Gasteiger partial charge in [-0.3, -0.25) is 4.79 Å². The summed E-state index contributed by atoms with van der Waals surface area (Å²) in [6, 6.07) is 9.77. The standard InChI is InChI=1S/C29H32ClNO3/c1-4-33-28-20(3)29-25(26(18-34-29)22-10-12-23(30)13-11-22)17-24(28)19(2)16-27(32)31-15-14-21-8-6-5-7-9-21/h8,10-13,16-18H,4-7,9,14-15H2,1-3H3,(H,31,32)/b19-16+. The zero-order valence-electron chi connectivity index (χ0n) is 20.2. The molecule has 1 aliphatic rings. The fraction of sp³-hybridized carbons (Fsp3) is 0.345. The highest BCUT2D eigenvalue weighted by Gasteiger charge is 2.19. The number of allylic oxidation sites excluding steroid dienone is 2. The molecule has 1 aliphatic carbocycles. The van der Waals surface area contributed by atoms with Crippen LogP contribution in [0.15, 0.2) is 58.7 Å². The first kappa shape index (κ1) is 24.2. The van der Waals surface area contributed by atoms with E-state index in [4.69, 9.17) is 20.8 Å². The average molecular weight is 478 g/mol. The van der Waals surface area contributed by atoms with Crippen molar-refractivity contribution in [2.24, 2.45) is 0 Å². The fourth-order valence-corrected chi connectivity index (χ4v) is 4.72. The second-order valence-electron chi connectivity index (χ2n) is 8.82. The van der Waals surface area contributed by atoms with Gasteiger partial charge < -0.3 is 14.5 Å². The lowest BCUT2D eigenvalue weighted by molar-refractivity contribution is -0.116. The number of nitrogens with one attached hydrogen (secondary N) is 1. The van der Waals surface area contributed by atoms with E-state index in [0.29, 0.717) is 18.2 Å². The number of carbonyl (C=O) groups is 1. The Balaban J connectivity index is 1.63. The van der Waals surface area contributed by atoms with Gasteiger partial charge in [-0.05, 0) is 82.2 Å². The van der Waals surface area contributed by atoms with E-state index in [9.17, 15) is 4.79 Å². The number of carbonyl (C=O) groups excluding carboxylic acids is 1. The topological polar surface area (TPSA) is 51.5 Å². The van der Waals surface area contributed by atoms with Gasteiger partial charge in [0.25, 0.3) is 0 Å². The molecule has 1 N–H and O–H groups in total. The zero-order chi connectivity index (χ0) is 24.1. The molecule has 0 fully saturated rings. The first-order chi connectivity index (χ1) is 16.5. The molecule has 4 rings (SSSR count). The van der Waals surface area contributed by atoms with Gasteiger partial charge in [0.15, 0.2) is 0 Å². The molecule has 0 saturated heterocycles. The number of hydrogen-bond acceptors (Lipinski definition) is 3.